The first-order valence-corrected chi connectivity index (χ1v) is 10.1. The van der Waals surface area contributed by atoms with Gasteiger partial charge in [0.15, 0.2) is 5.17 Å². The summed E-state index contributed by atoms with van der Waals surface area (Å²) in [7, 11) is 0. The molecule has 1 amide bonds. The third-order valence-corrected chi connectivity index (χ3v) is 5.61. The molecular formula is C19H13N5O3S2. The fourth-order valence-corrected chi connectivity index (χ4v) is 4.25. The first-order chi connectivity index (χ1) is 14.0. The number of nitro benzene ring substituents is 1. The highest BCUT2D eigenvalue weighted by atomic mass is 32.2. The average Bonchev–Trinajstić information content (AvgIpc) is 3.25. The zero-order chi connectivity index (χ0) is 20.4. The molecule has 0 bridgehead atoms. The minimum Gasteiger partial charge on any atom is -0.268 e. The van der Waals surface area contributed by atoms with Gasteiger partial charge in [0.1, 0.15) is 5.01 Å². The maximum Gasteiger partial charge on any atom is 0.271 e. The topological polar surface area (TPSA) is 102 Å². The number of hydrogen-bond acceptors (Lipinski definition) is 8. The van der Waals surface area contributed by atoms with E-state index in [-0.39, 0.29) is 11.6 Å². The number of benzene rings is 2. The lowest BCUT2D eigenvalue weighted by molar-refractivity contribution is -0.384. The van der Waals surface area contributed by atoms with E-state index in [1.54, 1.807) is 18.2 Å². The molecule has 2 aromatic carbocycles. The van der Waals surface area contributed by atoms with E-state index in [1.165, 1.54) is 40.1 Å². The molecular weight excluding hydrogens is 410 g/mol. The van der Waals surface area contributed by atoms with E-state index < -0.39 is 4.92 Å². The Morgan fingerprint density at radius 2 is 1.93 bits per heavy atom. The molecule has 0 unspecified atom stereocenters. The van der Waals surface area contributed by atoms with Crippen LogP contribution in [0.25, 0.3) is 6.08 Å². The number of carbonyl (C=O) groups is 1. The van der Waals surface area contributed by atoms with Crippen LogP contribution < -0.4 is 4.90 Å². The van der Waals surface area contributed by atoms with Gasteiger partial charge in [-0.15, -0.1) is 10.2 Å². The second kappa shape index (κ2) is 7.94. The number of aryl methyl sites for hydroxylation is 1. The van der Waals surface area contributed by atoms with Gasteiger partial charge in [-0.25, -0.2) is 0 Å². The Morgan fingerprint density at radius 1 is 1.14 bits per heavy atom. The molecule has 10 heteroatoms. The van der Waals surface area contributed by atoms with Gasteiger partial charge < -0.3 is 0 Å². The first kappa shape index (κ1) is 19.0. The van der Waals surface area contributed by atoms with E-state index in [2.05, 4.69) is 15.2 Å². The van der Waals surface area contributed by atoms with Crippen LogP contribution in [0.3, 0.4) is 0 Å². The lowest BCUT2D eigenvalue weighted by atomic mass is 10.2. The van der Waals surface area contributed by atoms with Gasteiger partial charge in [0.2, 0.25) is 5.13 Å². The molecule has 1 aliphatic rings. The fourth-order valence-electron chi connectivity index (χ4n) is 2.65. The summed E-state index contributed by atoms with van der Waals surface area (Å²) in [5, 5.41) is 20.7. The van der Waals surface area contributed by atoms with Crippen molar-refractivity contribution in [3.8, 4) is 0 Å². The Kier molecular flexibility index (Phi) is 5.19. The second-order valence-electron chi connectivity index (χ2n) is 5.94. The number of thioether (sulfide) groups is 1. The molecule has 144 valence electrons. The van der Waals surface area contributed by atoms with Crippen LogP contribution in [0.5, 0.6) is 0 Å². The van der Waals surface area contributed by atoms with E-state index in [9.17, 15) is 14.9 Å². The molecule has 0 saturated carbocycles. The lowest BCUT2D eigenvalue weighted by Crippen LogP contribution is -2.28. The number of aromatic nitrogens is 2. The number of anilines is 1. The Labute approximate surface area is 173 Å². The second-order valence-corrected chi connectivity index (χ2v) is 8.11. The molecule has 1 aliphatic heterocycles. The van der Waals surface area contributed by atoms with Gasteiger partial charge in [0.05, 0.1) is 15.5 Å². The van der Waals surface area contributed by atoms with Crippen LogP contribution in [-0.4, -0.2) is 26.2 Å². The lowest BCUT2D eigenvalue weighted by Gasteiger charge is -2.14. The number of hydrogen-bond donors (Lipinski definition) is 0. The maximum atomic E-state index is 13.1. The molecule has 0 radical (unpaired) electrons. The summed E-state index contributed by atoms with van der Waals surface area (Å²) >= 11 is 2.52. The molecule has 1 fully saturated rings. The minimum atomic E-state index is -0.466. The van der Waals surface area contributed by atoms with Crippen molar-refractivity contribution in [2.24, 2.45) is 4.99 Å². The number of para-hydroxylation sites is 1. The standard InChI is InChI=1S/C19H13N5O3S2/c1-12-21-22-18(28-12)20-19-23(14-7-3-2-4-8-14)17(25)16(29-19)11-13-6-5-9-15(10-13)24(26)27/h2-11H,1H3/b16-11-,20-19+. The minimum absolute atomic E-state index is 0.0343. The molecule has 0 spiro atoms. The van der Waals surface area contributed by atoms with Crippen molar-refractivity contribution in [3.05, 3.63) is 80.2 Å². The van der Waals surface area contributed by atoms with Crippen molar-refractivity contribution in [1.29, 1.82) is 0 Å². The highest BCUT2D eigenvalue weighted by Crippen LogP contribution is 2.37. The van der Waals surface area contributed by atoms with E-state index in [4.69, 9.17) is 0 Å². The molecule has 3 aromatic rings. The number of aliphatic imine (C=N–C) groups is 1. The summed E-state index contributed by atoms with van der Waals surface area (Å²) < 4.78 is 0. The zero-order valence-electron chi connectivity index (χ0n) is 15.1. The van der Waals surface area contributed by atoms with Gasteiger partial charge in [-0.1, -0.05) is 41.7 Å². The van der Waals surface area contributed by atoms with Gasteiger partial charge in [-0.2, -0.15) is 4.99 Å². The Hall–Kier alpha value is -3.37. The highest BCUT2D eigenvalue weighted by molar-refractivity contribution is 8.19. The number of rotatable bonds is 4. The molecule has 1 aromatic heterocycles. The number of nitrogens with zero attached hydrogens (tertiary/aromatic N) is 5. The van der Waals surface area contributed by atoms with Crippen LogP contribution in [-0.2, 0) is 4.79 Å². The van der Waals surface area contributed by atoms with Crippen molar-refractivity contribution in [3.63, 3.8) is 0 Å². The van der Waals surface area contributed by atoms with Crippen LogP contribution in [0, 0.1) is 17.0 Å². The molecule has 29 heavy (non-hydrogen) atoms. The zero-order valence-corrected chi connectivity index (χ0v) is 16.7. The Morgan fingerprint density at radius 3 is 2.62 bits per heavy atom. The van der Waals surface area contributed by atoms with Crippen molar-refractivity contribution in [2.45, 2.75) is 6.92 Å². The molecule has 4 rings (SSSR count). The molecule has 0 atom stereocenters. The third-order valence-electron chi connectivity index (χ3n) is 3.91. The highest BCUT2D eigenvalue weighted by Gasteiger charge is 2.35. The summed E-state index contributed by atoms with van der Waals surface area (Å²) in [6.45, 7) is 1.83. The van der Waals surface area contributed by atoms with Crippen LogP contribution >= 0.6 is 23.1 Å². The Bertz CT molecular complexity index is 1160. The van der Waals surface area contributed by atoms with Gasteiger partial charge in [0.25, 0.3) is 11.6 Å². The molecule has 1 saturated heterocycles. The normalized spacial score (nSPS) is 16.7. The van der Waals surface area contributed by atoms with Crippen molar-refractivity contribution in [2.75, 3.05) is 4.90 Å². The quantitative estimate of drug-likeness (QED) is 0.346. The molecule has 8 nitrogen and oxygen atoms in total. The van der Waals surface area contributed by atoms with Crippen molar-refractivity contribution in [1.82, 2.24) is 10.2 Å². The summed E-state index contributed by atoms with van der Waals surface area (Å²) in [5.74, 6) is -0.257. The molecule has 0 N–H and O–H groups in total. The molecule has 0 aliphatic carbocycles. The number of nitro groups is 1. The first-order valence-electron chi connectivity index (χ1n) is 8.43. The number of amidine groups is 1. The van der Waals surface area contributed by atoms with E-state index in [0.29, 0.717) is 26.5 Å². The largest absolute Gasteiger partial charge is 0.271 e. The van der Waals surface area contributed by atoms with Crippen molar-refractivity contribution >= 4 is 56.8 Å². The van der Waals surface area contributed by atoms with Crippen LogP contribution in [0.4, 0.5) is 16.5 Å². The monoisotopic (exact) mass is 423 g/mol. The summed E-state index contributed by atoms with van der Waals surface area (Å²) in [6, 6.07) is 15.3. The summed E-state index contributed by atoms with van der Waals surface area (Å²) in [4.78, 5) is 30.1. The van der Waals surface area contributed by atoms with E-state index in [1.807, 2.05) is 37.3 Å². The SMILES string of the molecule is Cc1nnc(/N=C2/S/C(=C\c3cccc([N+](=O)[O-])c3)C(=O)N2c2ccccc2)s1. The van der Waals surface area contributed by atoms with Crippen LogP contribution in [0.15, 0.2) is 64.5 Å². The predicted octanol–water partition coefficient (Wildman–Crippen LogP) is 4.56. The number of amides is 1. The van der Waals surface area contributed by atoms with Gasteiger partial charge in [-0.05, 0) is 42.5 Å². The van der Waals surface area contributed by atoms with Gasteiger partial charge in [-0.3, -0.25) is 19.8 Å². The smallest absolute Gasteiger partial charge is 0.268 e. The van der Waals surface area contributed by atoms with Crippen LogP contribution in [0.2, 0.25) is 0 Å². The van der Waals surface area contributed by atoms with E-state index >= 15 is 0 Å². The van der Waals surface area contributed by atoms with Crippen LogP contribution in [0.1, 0.15) is 10.6 Å². The summed E-state index contributed by atoms with van der Waals surface area (Å²) in [6.07, 6.45) is 1.63. The predicted molar refractivity (Wildman–Crippen MR) is 114 cm³/mol. The average molecular weight is 423 g/mol. The Balaban J connectivity index is 1.76. The third kappa shape index (κ3) is 4.08. The van der Waals surface area contributed by atoms with Crippen molar-refractivity contribution < 1.29 is 9.72 Å². The van der Waals surface area contributed by atoms with Gasteiger partial charge in [0, 0.05) is 12.1 Å². The summed E-state index contributed by atoms with van der Waals surface area (Å²) in [5.41, 5.74) is 1.21. The maximum absolute atomic E-state index is 13.1. The number of carbonyl (C=O) groups excluding carboxylic acids is 1. The number of non-ortho nitro benzene ring substituents is 1. The van der Waals surface area contributed by atoms with Gasteiger partial charge >= 0.3 is 0 Å². The van der Waals surface area contributed by atoms with E-state index in [0.717, 1.165) is 5.01 Å². The molecule has 2 heterocycles. The fraction of sp³-hybridized carbons (Fsp3) is 0.0526.